The number of hydrogen-bond acceptors (Lipinski definition) is 3. The molecule has 0 bridgehead atoms. The number of nitrogens with one attached hydrogen (secondary N) is 2. The van der Waals surface area contributed by atoms with Crippen LogP contribution in [0.1, 0.15) is 16.7 Å². The van der Waals surface area contributed by atoms with Gasteiger partial charge in [0.15, 0.2) is 5.96 Å². The second kappa shape index (κ2) is 8.54. The lowest BCUT2D eigenvalue weighted by Crippen LogP contribution is -2.46. The van der Waals surface area contributed by atoms with Crippen molar-refractivity contribution in [1.82, 2.24) is 14.9 Å². The second-order valence-corrected chi connectivity index (χ2v) is 8.39. The van der Waals surface area contributed by atoms with Gasteiger partial charge in [0.2, 0.25) is 10.0 Å². The van der Waals surface area contributed by atoms with Crippen molar-refractivity contribution in [3.05, 3.63) is 65.2 Å². The van der Waals surface area contributed by atoms with Gasteiger partial charge in [-0.3, -0.25) is 4.99 Å². The molecule has 0 aromatic heterocycles. The van der Waals surface area contributed by atoms with Crippen LogP contribution in [0.5, 0.6) is 0 Å². The van der Waals surface area contributed by atoms with Gasteiger partial charge < -0.3 is 10.2 Å². The fraction of sp³-hybridized carbons (Fsp3) is 0.350. The van der Waals surface area contributed by atoms with Crippen LogP contribution in [-0.2, 0) is 23.0 Å². The summed E-state index contributed by atoms with van der Waals surface area (Å²) in [5.41, 5.74) is 3.73. The third-order valence-corrected chi connectivity index (χ3v) is 6.15. The first-order valence-electron chi connectivity index (χ1n) is 9.08. The van der Waals surface area contributed by atoms with Gasteiger partial charge in [-0.1, -0.05) is 42.0 Å². The maximum Gasteiger partial charge on any atom is 0.240 e. The van der Waals surface area contributed by atoms with Gasteiger partial charge in [0, 0.05) is 33.2 Å². The van der Waals surface area contributed by atoms with Crippen LogP contribution in [-0.4, -0.2) is 46.0 Å². The third kappa shape index (κ3) is 4.87. The van der Waals surface area contributed by atoms with Gasteiger partial charge in [0.25, 0.3) is 0 Å². The molecule has 3 rings (SSSR count). The Morgan fingerprint density at radius 1 is 1.07 bits per heavy atom. The summed E-state index contributed by atoms with van der Waals surface area (Å²) in [7, 11) is -1.74. The van der Waals surface area contributed by atoms with E-state index in [2.05, 4.69) is 44.2 Å². The summed E-state index contributed by atoms with van der Waals surface area (Å²) in [4.78, 5) is 6.81. The highest BCUT2D eigenvalue weighted by Crippen LogP contribution is 2.18. The van der Waals surface area contributed by atoms with Gasteiger partial charge in [-0.15, -0.1) is 0 Å². The molecule has 1 aliphatic heterocycles. The molecule has 6 nitrogen and oxygen atoms in total. The van der Waals surface area contributed by atoms with Crippen LogP contribution in [0.4, 0.5) is 0 Å². The molecule has 0 fully saturated rings. The Bertz CT molecular complexity index is 908. The largest absolute Gasteiger partial charge is 0.355 e. The van der Waals surface area contributed by atoms with E-state index in [1.54, 1.807) is 31.3 Å². The molecule has 2 aromatic rings. The summed E-state index contributed by atoms with van der Waals surface area (Å²) >= 11 is 0. The molecule has 0 spiro atoms. The zero-order valence-electron chi connectivity index (χ0n) is 15.8. The predicted molar refractivity (Wildman–Crippen MR) is 108 cm³/mol. The predicted octanol–water partition coefficient (Wildman–Crippen LogP) is 1.91. The first-order chi connectivity index (χ1) is 13.0. The monoisotopic (exact) mass is 386 g/mol. The molecule has 2 aromatic carbocycles. The number of hydrogen-bond donors (Lipinski definition) is 2. The minimum absolute atomic E-state index is 0.283. The van der Waals surface area contributed by atoms with E-state index < -0.39 is 10.0 Å². The molecule has 7 heteroatoms. The average Bonchev–Trinajstić information content (AvgIpc) is 2.68. The van der Waals surface area contributed by atoms with Crippen molar-refractivity contribution in [3.63, 3.8) is 0 Å². The van der Waals surface area contributed by atoms with E-state index in [4.69, 9.17) is 0 Å². The second-order valence-electron chi connectivity index (χ2n) is 6.63. The quantitative estimate of drug-likeness (QED) is 0.468. The molecule has 0 aliphatic carbocycles. The van der Waals surface area contributed by atoms with Crippen molar-refractivity contribution in [2.75, 3.05) is 26.7 Å². The van der Waals surface area contributed by atoms with Gasteiger partial charge in [0.05, 0.1) is 4.90 Å². The zero-order chi connectivity index (χ0) is 19.3. The summed E-state index contributed by atoms with van der Waals surface area (Å²) in [5.74, 6) is 0.791. The smallest absolute Gasteiger partial charge is 0.240 e. The highest BCUT2D eigenvalue weighted by atomic mass is 32.2. The maximum absolute atomic E-state index is 12.3. The number of aliphatic imine (C=N–C) groups is 1. The van der Waals surface area contributed by atoms with Gasteiger partial charge >= 0.3 is 0 Å². The number of fused-ring (bicyclic) bond motifs is 1. The van der Waals surface area contributed by atoms with Gasteiger partial charge in [-0.2, -0.15) is 0 Å². The highest BCUT2D eigenvalue weighted by molar-refractivity contribution is 7.89. The maximum atomic E-state index is 12.3. The average molecular weight is 387 g/mol. The molecule has 27 heavy (non-hydrogen) atoms. The fourth-order valence-electron chi connectivity index (χ4n) is 3.17. The van der Waals surface area contributed by atoms with Crippen molar-refractivity contribution in [2.45, 2.75) is 24.8 Å². The van der Waals surface area contributed by atoms with Gasteiger partial charge in [-0.25, -0.2) is 13.1 Å². The van der Waals surface area contributed by atoms with Crippen molar-refractivity contribution < 1.29 is 8.42 Å². The lowest BCUT2D eigenvalue weighted by Gasteiger charge is -2.31. The molecule has 0 unspecified atom stereocenters. The molecular formula is C20H26N4O2S. The summed E-state index contributed by atoms with van der Waals surface area (Å²) in [6.07, 6.45) is 0.983. The molecular weight excluding hydrogens is 360 g/mol. The topological polar surface area (TPSA) is 73.8 Å². The van der Waals surface area contributed by atoms with Crippen LogP contribution in [0.25, 0.3) is 0 Å². The number of guanidine groups is 1. The van der Waals surface area contributed by atoms with E-state index >= 15 is 0 Å². The van der Waals surface area contributed by atoms with E-state index in [0.29, 0.717) is 13.1 Å². The summed E-state index contributed by atoms with van der Waals surface area (Å²) in [6.45, 7) is 4.39. The zero-order valence-corrected chi connectivity index (χ0v) is 16.6. The number of benzene rings is 2. The van der Waals surface area contributed by atoms with E-state index in [1.165, 1.54) is 11.1 Å². The van der Waals surface area contributed by atoms with Gasteiger partial charge in [0.1, 0.15) is 0 Å². The first-order valence-corrected chi connectivity index (χ1v) is 10.6. The van der Waals surface area contributed by atoms with Crippen molar-refractivity contribution in [1.29, 1.82) is 0 Å². The minimum atomic E-state index is -3.49. The van der Waals surface area contributed by atoms with Gasteiger partial charge in [-0.05, 0) is 36.6 Å². The molecule has 144 valence electrons. The fourth-order valence-corrected chi connectivity index (χ4v) is 4.20. The Morgan fingerprint density at radius 3 is 2.48 bits per heavy atom. The Hall–Kier alpha value is -2.38. The molecule has 0 radical (unpaired) electrons. The normalized spacial score (nSPS) is 14.7. The molecule has 0 saturated carbocycles. The third-order valence-electron chi connectivity index (χ3n) is 4.67. The van der Waals surface area contributed by atoms with E-state index in [-0.39, 0.29) is 4.90 Å². The molecule has 0 amide bonds. The molecule has 0 saturated heterocycles. The summed E-state index contributed by atoms with van der Waals surface area (Å²) in [6, 6.07) is 15.3. The van der Waals surface area contributed by atoms with Crippen LogP contribution < -0.4 is 10.0 Å². The molecule has 1 aliphatic rings. The molecule has 2 N–H and O–H groups in total. The number of sulfonamides is 1. The number of nitrogens with zero attached hydrogens (tertiary/aromatic N) is 2. The Labute approximate surface area is 161 Å². The lowest BCUT2D eigenvalue weighted by atomic mass is 10.0. The van der Waals surface area contributed by atoms with Crippen LogP contribution in [0.2, 0.25) is 0 Å². The number of aryl methyl sites for hydroxylation is 1. The highest BCUT2D eigenvalue weighted by Gasteiger charge is 2.18. The van der Waals surface area contributed by atoms with Crippen LogP contribution >= 0.6 is 0 Å². The number of rotatable bonds is 5. The van der Waals surface area contributed by atoms with Crippen molar-refractivity contribution in [3.8, 4) is 0 Å². The SMILES string of the molecule is CN=C(NCCNS(=O)(=O)c1ccc(C)cc1)N1CCc2ccccc2C1. The molecule has 0 atom stereocenters. The standard InChI is InChI=1S/C20H26N4O2S/c1-16-7-9-19(10-8-16)27(25,26)23-13-12-22-20(21-2)24-14-11-17-5-3-4-6-18(17)15-24/h3-10,23H,11-15H2,1-2H3,(H,21,22). The lowest BCUT2D eigenvalue weighted by molar-refractivity contribution is 0.379. The first kappa shape index (κ1) is 19.4. The summed E-state index contributed by atoms with van der Waals surface area (Å²) < 4.78 is 27.3. The Balaban J connectivity index is 1.51. The van der Waals surface area contributed by atoms with Crippen LogP contribution in [0, 0.1) is 6.92 Å². The molecule has 1 heterocycles. The van der Waals surface area contributed by atoms with E-state index in [1.807, 2.05) is 6.92 Å². The van der Waals surface area contributed by atoms with E-state index in [9.17, 15) is 8.42 Å². The van der Waals surface area contributed by atoms with Crippen molar-refractivity contribution >= 4 is 16.0 Å². The van der Waals surface area contributed by atoms with Crippen molar-refractivity contribution in [2.24, 2.45) is 4.99 Å². The Morgan fingerprint density at radius 2 is 1.78 bits per heavy atom. The van der Waals surface area contributed by atoms with Crippen LogP contribution in [0.3, 0.4) is 0 Å². The van der Waals surface area contributed by atoms with E-state index in [0.717, 1.165) is 31.0 Å². The summed E-state index contributed by atoms with van der Waals surface area (Å²) in [5, 5.41) is 3.25. The minimum Gasteiger partial charge on any atom is -0.355 e. The Kier molecular flexibility index (Phi) is 6.13. The van der Waals surface area contributed by atoms with Crippen LogP contribution in [0.15, 0.2) is 58.4 Å².